The number of hydrogen-bond donors (Lipinski definition) is 1. The molecule has 2 N–H and O–H groups in total. The summed E-state index contributed by atoms with van der Waals surface area (Å²) in [6, 6.07) is 8.97. The second kappa shape index (κ2) is 5.92. The maximum Gasteiger partial charge on any atom is 0.257 e. The van der Waals surface area contributed by atoms with Crippen LogP contribution in [0.3, 0.4) is 0 Å². The molecule has 0 saturated heterocycles. The number of anilines is 1. The molecular weight excluding hydrogens is 274 g/mol. The Morgan fingerprint density at radius 3 is 2.55 bits per heavy atom. The van der Waals surface area contributed by atoms with Crippen molar-refractivity contribution in [2.45, 2.75) is 13.0 Å². The molecule has 0 radical (unpaired) electrons. The normalized spacial score (nSPS) is 11.9. The minimum absolute atomic E-state index is 0.0839. The summed E-state index contributed by atoms with van der Waals surface area (Å²) in [5, 5.41) is 0.673. The highest BCUT2D eigenvalue weighted by molar-refractivity contribution is 6.30. The Morgan fingerprint density at radius 1 is 1.30 bits per heavy atom. The standard InChI is InChI=1S/C15H16ClN3O/c1-10(11-3-5-12(16)6-4-11)19(2)15(20)13-9-18-8-7-14(13)17/h3-10H,1-2H3,(H2,17,18). The molecule has 0 aliphatic rings. The lowest BCUT2D eigenvalue weighted by molar-refractivity contribution is 0.0743. The van der Waals surface area contributed by atoms with Gasteiger partial charge in [-0.15, -0.1) is 0 Å². The zero-order valence-corrected chi connectivity index (χ0v) is 12.1. The second-order valence-corrected chi connectivity index (χ2v) is 5.04. The second-order valence-electron chi connectivity index (χ2n) is 4.61. The lowest BCUT2D eigenvalue weighted by atomic mass is 10.1. The highest BCUT2D eigenvalue weighted by Gasteiger charge is 2.20. The lowest BCUT2D eigenvalue weighted by Crippen LogP contribution is -2.30. The van der Waals surface area contributed by atoms with Gasteiger partial charge in [0.05, 0.1) is 11.6 Å². The molecule has 1 heterocycles. The van der Waals surface area contributed by atoms with Gasteiger partial charge in [0.15, 0.2) is 0 Å². The Hall–Kier alpha value is -2.07. The quantitative estimate of drug-likeness (QED) is 0.944. The molecule has 5 heteroatoms. The van der Waals surface area contributed by atoms with Crippen molar-refractivity contribution in [3.8, 4) is 0 Å². The third-order valence-corrected chi connectivity index (χ3v) is 3.59. The van der Waals surface area contributed by atoms with Gasteiger partial charge in [0.25, 0.3) is 5.91 Å². The van der Waals surface area contributed by atoms with Gasteiger partial charge in [0.1, 0.15) is 0 Å². The van der Waals surface area contributed by atoms with E-state index >= 15 is 0 Å². The predicted octanol–water partition coefficient (Wildman–Crippen LogP) is 3.15. The van der Waals surface area contributed by atoms with Gasteiger partial charge in [0, 0.05) is 30.2 Å². The first-order chi connectivity index (χ1) is 9.50. The topological polar surface area (TPSA) is 59.2 Å². The van der Waals surface area contributed by atoms with Crippen LogP contribution >= 0.6 is 11.6 Å². The van der Waals surface area contributed by atoms with E-state index in [1.807, 2.05) is 31.2 Å². The van der Waals surface area contributed by atoms with E-state index in [0.29, 0.717) is 16.3 Å². The largest absolute Gasteiger partial charge is 0.398 e. The van der Waals surface area contributed by atoms with E-state index in [4.69, 9.17) is 17.3 Å². The molecular formula is C15H16ClN3O. The van der Waals surface area contributed by atoms with Crippen molar-refractivity contribution in [2.24, 2.45) is 0 Å². The molecule has 20 heavy (non-hydrogen) atoms. The molecule has 0 spiro atoms. The van der Waals surface area contributed by atoms with Crippen molar-refractivity contribution < 1.29 is 4.79 Å². The number of benzene rings is 1. The third-order valence-electron chi connectivity index (χ3n) is 3.34. The number of carbonyl (C=O) groups excluding carboxylic acids is 1. The van der Waals surface area contributed by atoms with Crippen molar-refractivity contribution in [2.75, 3.05) is 12.8 Å². The molecule has 104 valence electrons. The molecule has 1 aromatic heterocycles. The number of carbonyl (C=O) groups is 1. The van der Waals surface area contributed by atoms with Crippen molar-refractivity contribution in [1.82, 2.24) is 9.88 Å². The van der Waals surface area contributed by atoms with Crippen LogP contribution in [0.1, 0.15) is 28.9 Å². The van der Waals surface area contributed by atoms with Crippen molar-refractivity contribution >= 4 is 23.2 Å². The molecule has 0 fully saturated rings. The smallest absolute Gasteiger partial charge is 0.257 e. The van der Waals surface area contributed by atoms with Gasteiger partial charge >= 0.3 is 0 Å². The highest BCUT2D eigenvalue weighted by Crippen LogP contribution is 2.23. The number of nitrogens with zero attached hydrogens (tertiary/aromatic N) is 2. The van der Waals surface area contributed by atoms with Crippen LogP contribution in [-0.4, -0.2) is 22.8 Å². The van der Waals surface area contributed by atoms with Crippen LogP contribution < -0.4 is 5.73 Å². The molecule has 4 nitrogen and oxygen atoms in total. The van der Waals surface area contributed by atoms with Gasteiger partial charge in [-0.25, -0.2) is 0 Å². The summed E-state index contributed by atoms with van der Waals surface area (Å²) in [5.41, 5.74) is 7.66. The molecule has 1 amide bonds. The summed E-state index contributed by atoms with van der Waals surface area (Å²) in [6.45, 7) is 1.95. The molecule has 0 bridgehead atoms. The van der Waals surface area contributed by atoms with Crippen LogP contribution in [0.25, 0.3) is 0 Å². The Kier molecular flexibility index (Phi) is 4.25. The first-order valence-corrected chi connectivity index (χ1v) is 6.60. The van der Waals surface area contributed by atoms with Crippen LogP contribution in [0.15, 0.2) is 42.7 Å². The maximum absolute atomic E-state index is 12.4. The number of nitrogen functional groups attached to an aromatic ring is 1. The molecule has 0 aliphatic heterocycles. The molecule has 1 aromatic carbocycles. The van der Waals surface area contributed by atoms with E-state index in [9.17, 15) is 4.79 Å². The summed E-state index contributed by atoms with van der Waals surface area (Å²) >= 11 is 5.87. The average Bonchev–Trinajstić information content (AvgIpc) is 2.46. The summed E-state index contributed by atoms with van der Waals surface area (Å²) < 4.78 is 0. The number of pyridine rings is 1. The molecule has 1 atom stereocenters. The number of nitrogens with two attached hydrogens (primary N) is 1. The first kappa shape index (κ1) is 14.3. The Labute approximate surface area is 123 Å². The fourth-order valence-electron chi connectivity index (χ4n) is 1.91. The Morgan fingerprint density at radius 2 is 1.95 bits per heavy atom. The van der Waals surface area contributed by atoms with Gasteiger partial charge in [-0.2, -0.15) is 0 Å². The minimum Gasteiger partial charge on any atom is -0.398 e. The first-order valence-electron chi connectivity index (χ1n) is 6.23. The van der Waals surface area contributed by atoms with E-state index in [-0.39, 0.29) is 11.9 Å². The number of hydrogen-bond acceptors (Lipinski definition) is 3. The van der Waals surface area contributed by atoms with Gasteiger partial charge < -0.3 is 10.6 Å². The van der Waals surface area contributed by atoms with Gasteiger partial charge in [-0.05, 0) is 30.7 Å². The Bertz CT molecular complexity index is 613. The van der Waals surface area contributed by atoms with E-state index < -0.39 is 0 Å². The van der Waals surface area contributed by atoms with E-state index in [1.165, 1.54) is 6.20 Å². The van der Waals surface area contributed by atoms with Crippen LogP contribution in [-0.2, 0) is 0 Å². The third kappa shape index (κ3) is 2.91. The molecule has 2 aromatic rings. The van der Waals surface area contributed by atoms with E-state index in [1.54, 1.807) is 24.2 Å². The van der Waals surface area contributed by atoms with E-state index in [0.717, 1.165) is 5.56 Å². The minimum atomic E-state index is -0.155. The SMILES string of the molecule is CC(c1ccc(Cl)cc1)N(C)C(=O)c1cnccc1N. The molecule has 0 aliphatic carbocycles. The molecule has 1 unspecified atom stereocenters. The highest BCUT2D eigenvalue weighted by atomic mass is 35.5. The van der Waals surface area contributed by atoms with Crippen molar-refractivity contribution in [3.05, 3.63) is 58.9 Å². The van der Waals surface area contributed by atoms with Crippen LogP contribution in [0.2, 0.25) is 5.02 Å². The number of rotatable bonds is 3. The zero-order chi connectivity index (χ0) is 14.7. The molecule has 2 rings (SSSR count). The van der Waals surface area contributed by atoms with Gasteiger partial charge in [-0.3, -0.25) is 9.78 Å². The van der Waals surface area contributed by atoms with Crippen molar-refractivity contribution in [3.63, 3.8) is 0 Å². The number of amides is 1. The van der Waals surface area contributed by atoms with E-state index in [2.05, 4.69) is 4.98 Å². The monoisotopic (exact) mass is 289 g/mol. The van der Waals surface area contributed by atoms with Crippen molar-refractivity contribution in [1.29, 1.82) is 0 Å². The lowest BCUT2D eigenvalue weighted by Gasteiger charge is -2.25. The van der Waals surface area contributed by atoms with Crippen LogP contribution in [0, 0.1) is 0 Å². The fourth-order valence-corrected chi connectivity index (χ4v) is 2.04. The van der Waals surface area contributed by atoms with Crippen LogP contribution in [0.5, 0.6) is 0 Å². The summed E-state index contributed by atoms with van der Waals surface area (Å²) in [7, 11) is 1.74. The molecule has 0 saturated carbocycles. The number of halogens is 1. The van der Waals surface area contributed by atoms with Crippen LogP contribution in [0.4, 0.5) is 5.69 Å². The van der Waals surface area contributed by atoms with Gasteiger partial charge in [-0.1, -0.05) is 23.7 Å². The average molecular weight is 290 g/mol. The predicted molar refractivity (Wildman–Crippen MR) is 80.6 cm³/mol. The van der Waals surface area contributed by atoms with Gasteiger partial charge in [0.2, 0.25) is 0 Å². The zero-order valence-electron chi connectivity index (χ0n) is 11.4. The summed E-state index contributed by atoms with van der Waals surface area (Å²) in [5.74, 6) is -0.155. The fraction of sp³-hybridized carbons (Fsp3) is 0.200. The summed E-state index contributed by atoms with van der Waals surface area (Å²) in [4.78, 5) is 18.0. The maximum atomic E-state index is 12.4. The summed E-state index contributed by atoms with van der Waals surface area (Å²) in [6.07, 6.45) is 3.05. The Balaban J connectivity index is 2.22. The number of aromatic nitrogens is 1.